The Morgan fingerprint density at radius 3 is 2.86 bits per heavy atom. The largest absolute Gasteiger partial charge is 0.481 e. The van der Waals surface area contributed by atoms with Crippen molar-refractivity contribution in [3.63, 3.8) is 0 Å². The van der Waals surface area contributed by atoms with Crippen LogP contribution >= 0.6 is 0 Å². The Bertz CT molecular complexity index is 636. The summed E-state index contributed by atoms with van der Waals surface area (Å²) in [5, 5.41) is 12.4. The Morgan fingerprint density at radius 1 is 1.33 bits per heavy atom. The number of fused-ring (bicyclic) bond motifs is 1. The Kier molecular flexibility index (Phi) is 4.94. The average Bonchev–Trinajstić information content (AvgIpc) is 2.88. The first-order chi connectivity index (χ1) is 10.1. The number of rotatable bonds is 7. The van der Waals surface area contributed by atoms with E-state index >= 15 is 0 Å². The number of benzene rings is 1. The van der Waals surface area contributed by atoms with Gasteiger partial charge in [0.25, 0.3) is 0 Å². The number of H-pyrrole nitrogens is 1. The lowest BCUT2D eigenvalue weighted by atomic mass is 10.1. The molecule has 2 rings (SSSR count). The smallest absolute Gasteiger partial charge is 0.303 e. The van der Waals surface area contributed by atoms with Gasteiger partial charge in [-0.15, -0.1) is 0 Å². The van der Waals surface area contributed by atoms with Crippen molar-refractivity contribution in [1.29, 1.82) is 0 Å². The number of para-hydroxylation sites is 1. The molecular weight excluding hydrogens is 270 g/mol. The number of hydrogen-bond acceptors (Lipinski definition) is 3. The molecule has 0 spiro atoms. The van der Waals surface area contributed by atoms with Gasteiger partial charge >= 0.3 is 5.97 Å². The van der Waals surface area contributed by atoms with Crippen molar-refractivity contribution < 1.29 is 14.7 Å². The van der Waals surface area contributed by atoms with Crippen LogP contribution in [0.2, 0.25) is 0 Å². The van der Waals surface area contributed by atoms with E-state index in [9.17, 15) is 9.59 Å². The van der Waals surface area contributed by atoms with Crippen molar-refractivity contribution in [1.82, 2.24) is 10.3 Å². The molecule has 0 unspecified atom stereocenters. The molecule has 21 heavy (non-hydrogen) atoms. The number of aliphatic carboxylic acids is 1. The minimum atomic E-state index is -0.947. The highest BCUT2D eigenvalue weighted by atomic mass is 16.4. The first kappa shape index (κ1) is 15.1. The first-order valence-electron chi connectivity index (χ1n) is 6.88. The summed E-state index contributed by atoms with van der Waals surface area (Å²) in [7, 11) is 0. The summed E-state index contributed by atoms with van der Waals surface area (Å²) in [6.45, 7) is 0.474. The zero-order valence-corrected chi connectivity index (χ0v) is 11.6. The van der Waals surface area contributed by atoms with Gasteiger partial charge in [-0.3, -0.25) is 9.59 Å². The molecule has 2 aromatic rings. The van der Waals surface area contributed by atoms with Crippen LogP contribution in [-0.2, 0) is 16.0 Å². The van der Waals surface area contributed by atoms with Gasteiger partial charge in [0.2, 0.25) is 5.91 Å². The van der Waals surface area contributed by atoms with Gasteiger partial charge in [-0.05, 0) is 24.5 Å². The van der Waals surface area contributed by atoms with Crippen LogP contribution in [0.1, 0.15) is 18.4 Å². The Hall–Kier alpha value is -2.34. The van der Waals surface area contributed by atoms with E-state index in [1.54, 1.807) is 0 Å². The van der Waals surface area contributed by atoms with Crippen molar-refractivity contribution in [2.75, 3.05) is 6.54 Å². The monoisotopic (exact) mass is 289 g/mol. The lowest BCUT2D eigenvalue weighted by molar-refractivity contribution is -0.137. The second-order valence-electron chi connectivity index (χ2n) is 4.94. The van der Waals surface area contributed by atoms with Crippen LogP contribution in [0.15, 0.2) is 30.5 Å². The quantitative estimate of drug-likeness (QED) is 0.610. The number of carboxylic acid groups (broad SMARTS) is 1. The second kappa shape index (κ2) is 6.90. The summed E-state index contributed by atoms with van der Waals surface area (Å²) in [6, 6.07) is 7.19. The van der Waals surface area contributed by atoms with Gasteiger partial charge in [0, 0.05) is 30.1 Å². The molecule has 5 N–H and O–H groups in total. The molecule has 0 aliphatic rings. The topological polar surface area (TPSA) is 108 Å². The predicted octanol–water partition coefficient (Wildman–Crippen LogP) is 1.02. The van der Waals surface area contributed by atoms with Crippen LogP contribution in [0.5, 0.6) is 0 Å². The van der Waals surface area contributed by atoms with Crippen LogP contribution in [0.4, 0.5) is 0 Å². The second-order valence-corrected chi connectivity index (χ2v) is 4.94. The molecule has 1 aromatic heterocycles. The predicted molar refractivity (Wildman–Crippen MR) is 79.9 cm³/mol. The number of carbonyl (C=O) groups is 2. The van der Waals surface area contributed by atoms with E-state index < -0.39 is 12.0 Å². The maximum Gasteiger partial charge on any atom is 0.303 e. The number of nitrogens with one attached hydrogen (secondary N) is 2. The molecule has 1 atom stereocenters. The van der Waals surface area contributed by atoms with Gasteiger partial charge in [0.1, 0.15) is 0 Å². The van der Waals surface area contributed by atoms with Crippen molar-refractivity contribution in [2.24, 2.45) is 5.73 Å². The van der Waals surface area contributed by atoms with Crippen LogP contribution in [-0.4, -0.2) is 34.6 Å². The van der Waals surface area contributed by atoms with Crippen molar-refractivity contribution >= 4 is 22.8 Å². The van der Waals surface area contributed by atoms with Gasteiger partial charge in [-0.1, -0.05) is 18.2 Å². The summed E-state index contributed by atoms with van der Waals surface area (Å²) in [4.78, 5) is 25.3. The minimum absolute atomic E-state index is 0.100. The molecule has 0 aliphatic heterocycles. The fourth-order valence-electron chi connectivity index (χ4n) is 2.20. The summed E-state index contributed by atoms with van der Waals surface area (Å²) in [5.41, 5.74) is 7.83. The van der Waals surface area contributed by atoms with E-state index in [1.165, 1.54) is 0 Å². The zero-order valence-electron chi connectivity index (χ0n) is 11.6. The minimum Gasteiger partial charge on any atom is -0.481 e. The molecule has 0 saturated carbocycles. The van der Waals surface area contributed by atoms with Crippen molar-refractivity contribution in [2.45, 2.75) is 25.3 Å². The molecular formula is C15H19N3O3. The maximum absolute atomic E-state index is 11.7. The number of nitrogens with two attached hydrogens (primary N) is 1. The van der Waals surface area contributed by atoms with Gasteiger partial charge in [-0.25, -0.2) is 0 Å². The summed E-state index contributed by atoms with van der Waals surface area (Å²) in [6.07, 6.45) is 2.67. The van der Waals surface area contributed by atoms with E-state index in [-0.39, 0.29) is 18.7 Å². The Morgan fingerprint density at radius 2 is 2.10 bits per heavy atom. The van der Waals surface area contributed by atoms with Crippen LogP contribution in [0.25, 0.3) is 10.9 Å². The number of hydrogen-bond donors (Lipinski definition) is 4. The Balaban J connectivity index is 1.81. The van der Waals surface area contributed by atoms with Gasteiger partial charge in [0.15, 0.2) is 0 Å². The van der Waals surface area contributed by atoms with Crippen LogP contribution in [0.3, 0.4) is 0 Å². The van der Waals surface area contributed by atoms with E-state index in [0.29, 0.717) is 13.0 Å². The highest BCUT2D eigenvalue weighted by Gasteiger charge is 2.14. The zero-order chi connectivity index (χ0) is 15.2. The molecule has 1 aromatic carbocycles. The number of aromatic amines is 1. The highest BCUT2D eigenvalue weighted by Crippen LogP contribution is 2.17. The third-order valence-electron chi connectivity index (χ3n) is 3.37. The summed E-state index contributed by atoms with van der Waals surface area (Å²) < 4.78 is 0. The van der Waals surface area contributed by atoms with Crippen molar-refractivity contribution in [3.8, 4) is 0 Å². The molecule has 6 heteroatoms. The van der Waals surface area contributed by atoms with Gasteiger partial charge < -0.3 is 21.1 Å². The lowest BCUT2D eigenvalue weighted by Gasteiger charge is -2.10. The molecule has 0 bridgehead atoms. The van der Waals surface area contributed by atoms with Crippen LogP contribution in [0, 0.1) is 0 Å². The molecule has 1 amide bonds. The van der Waals surface area contributed by atoms with E-state index in [0.717, 1.165) is 16.5 Å². The fourth-order valence-corrected chi connectivity index (χ4v) is 2.20. The van der Waals surface area contributed by atoms with Gasteiger partial charge in [-0.2, -0.15) is 0 Å². The normalized spacial score (nSPS) is 12.2. The van der Waals surface area contributed by atoms with E-state index in [2.05, 4.69) is 10.3 Å². The highest BCUT2D eigenvalue weighted by molar-refractivity contribution is 5.84. The fraction of sp³-hybridized carbons (Fsp3) is 0.333. The SMILES string of the molecule is N[C@H](CCC(=O)O)C(=O)NCCc1c[nH]c2ccccc12. The van der Waals surface area contributed by atoms with Gasteiger partial charge in [0.05, 0.1) is 6.04 Å². The molecule has 0 radical (unpaired) electrons. The third kappa shape index (κ3) is 4.06. The molecule has 1 heterocycles. The maximum atomic E-state index is 11.7. The molecule has 0 fully saturated rings. The van der Waals surface area contributed by atoms with E-state index in [1.807, 2.05) is 30.5 Å². The standard InChI is InChI=1S/C15H19N3O3/c16-12(5-6-14(19)20)15(21)17-8-7-10-9-18-13-4-2-1-3-11(10)13/h1-4,9,12,18H,5-8,16H2,(H,17,21)(H,19,20)/t12-/m1/s1. The molecule has 6 nitrogen and oxygen atoms in total. The first-order valence-corrected chi connectivity index (χ1v) is 6.88. The van der Waals surface area contributed by atoms with E-state index in [4.69, 9.17) is 10.8 Å². The molecule has 112 valence electrons. The summed E-state index contributed by atoms with van der Waals surface area (Å²) >= 11 is 0. The Labute approximate surface area is 122 Å². The number of carbonyl (C=O) groups excluding carboxylic acids is 1. The van der Waals surface area contributed by atoms with Crippen molar-refractivity contribution in [3.05, 3.63) is 36.0 Å². The number of amides is 1. The lowest BCUT2D eigenvalue weighted by Crippen LogP contribution is -2.41. The number of aromatic nitrogens is 1. The molecule has 0 saturated heterocycles. The average molecular weight is 289 g/mol. The summed E-state index contributed by atoms with van der Waals surface area (Å²) in [5.74, 6) is -1.26. The number of carboxylic acids is 1. The molecule has 0 aliphatic carbocycles. The third-order valence-corrected chi connectivity index (χ3v) is 3.37. The van der Waals surface area contributed by atoms with Crippen LogP contribution < -0.4 is 11.1 Å².